The van der Waals surface area contributed by atoms with Gasteiger partial charge in [-0.05, 0) is 69.3 Å². The average Bonchev–Trinajstić information content (AvgIpc) is 4.03. The summed E-state index contributed by atoms with van der Waals surface area (Å²) < 4.78 is 52.9. The van der Waals surface area contributed by atoms with Crippen molar-refractivity contribution in [2.45, 2.75) is 100 Å². The third kappa shape index (κ3) is 7.01. The fourth-order valence-electron chi connectivity index (χ4n) is 8.13. The van der Waals surface area contributed by atoms with Crippen molar-refractivity contribution in [2.75, 3.05) is 19.8 Å². The molecule has 53 heavy (non-hydrogen) atoms. The Balaban J connectivity index is 1.23. The third-order valence-electron chi connectivity index (χ3n) is 11.5. The zero-order chi connectivity index (χ0) is 37.7. The molecule has 2 saturated carbocycles. The van der Waals surface area contributed by atoms with Gasteiger partial charge in [0.15, 0.2) is 0 Å². The van der Waals surface area contributed by atoms with Crippen molar-refractivity contribution in [2.24, 2.45) is 17.8 Å². The molecule has 1 aromatic carbocycles. The molecule has 0 spiro atoms. The second-order valence-electron chi connectivity index (χ2n) is 15.4. The Morgan fingerprint density at radius 2 is 1.92 bits per heavy atom. The van der Waals surface area contributed by atoms with Crippen LogP contribution in [-0.2, 0) is 30.8 Å². The van der Waals surface area contributed by atoms with Gasteiger partial charge in [0.05, 0.1) is 18.8 Å². The molecule has 286 valence electrons. The molecule has 3 aliphatic heterocycles. The van der Waals surface area contributed by atoms with E-state index in [0.717, 1.165) is 17.5 Å². The number of amides is 4. The predicted octanol–water partition coefficient (Wildman–Crippen LogP) is 3.38. The largest absolute Gasteiger partial charge is 0.491 e. The highest BCUT2D eigenvalue weighted by Gasteiger charge is 2.64. The molecule has 5 aliphatic rings. The summed E-state index contributed by atoms with van der Waals surface area (Å²) >= 11 is 0. The Morgan fingerprint density at radius 1 is 1.17 bits per heavy atom. The second kappa shape index (κ2) is 14.1. The first kappa shape index (κ1) is 36.9. The van der Waals surface area contributed by atoms with Crippen LogP contribution in [0.4, 0.5) is 9.18 Å². The Morgan fingerprint density at radius 3 is 2.64 bits per heavy atom. The predicted molar refractivity (Wildman–Crippen MR) is 190 cm³/mol. The molecule has 2 aliphatic carbocycles. The number of benzene rings is 1. The molecule has 4 amide bonds. The highest BCUT2D eigenvalue weighted by atomic mass is 32.2. The van der Waals surface area contributed by atoms with Gasteiger partial charge in [-0.15, -0.1) is 0 Å². The van der Waals surface area contributed by atoms with Crippen LogP contribution >= 0.6 is 0 Å². The van der Waals surface area contributed by atoms with Crippen molar-refractivity contribution in [3.05, 3.63) is 42.1 Å². The molecular formula is C37H46FN5O9S. The number of halogens is 1. The van der Waals surface area contributed by atoms with Crippen molar-refractivity contribution in [1.29, 1.82) is 0 Å². The summed E-state index contributed by atoms with van der Waals surface area (Å²) in [5.41, 5.74) is -0.925. The van der Waals surface area contributed by atoms with Crippen molar-refractivity contribution >= 4 is 44.6 Å². The fraction of sp³-hybridized carbons (Fsp3) is 0.595. The topological polar surface area (TPSA) is 193 Å². The number of nitrogens with one attached hydrogen (secondary N) is 3. The lowest BCUT2D eigenvalue weighted by Gasteiger charge is -2.32. The van der Waals surface area contributed by atoms with Gasteiger partial charge in [-0.1, -0.05) is 44.2 Å². The summed E-state index contributed by atoms with van der Waals surface area (Å²) in [6.07, 6.45) is 5.06. The number of carboxylic acid groups (broad SMARTS) is 1. The molecule has 0 radical (unpaired) electrons. The first-order chi connectivity index (χ1) is 25.3. The summed E-state index contributed by atoms with van der Waals surface area (Å²) in [6, 6.07) is 5.10. The molecule has 1 aromatic heterocycles. The molecule has 16 heteroatoms. The molecule has 7 atom stereocenters. The van der Waals surface area contributed by atoms with Crippen LogP contribution in [-0.4, -0.2) is 95.5 Å². The molecular weight excluding hydrogens is 709 g/mol. The number of aryl methyl sites for hydroxylation is 1. The van der Waals surface area contributed by atoms with Crippen LogP contribution in [0, 0.1) is 17.8 Å². The maximum Gasteiger partial charge on any atom is 0.405 e. The van der Waals surface area contributed by atoms with Crippen LogP contribution in [0.2, 0.25) is 0 Å². The van der Waals surface area contributed by atoms with E-state index in [-0.39, 0.29) is 38.1 Å². The quantitative estimate of drug-likeness (QED) is 0.305. The van der Waals surface area contributed by atoms with Crippen molar-refractivity contribution in [3.8, 4) is 11.6 Å². The van der Waals surface area contributed by atoms with Gasteiger partial charge in [0, 0.05) is 23.1 Å². The van der Waals surface area contributed by atoms with Gasteiger partial charge >= 0.3 is 6.09 Å². The number of carbonyl (C=O) groups excluding carboxylic acids is 3. The Bertz CT molecular complexity index is 1960. The van der Waals surface area contributed by atoms with Gasteiger partial charge in [0.25, 0.3) is 5.91 Å². The molecule has 14 nitrogen and oxygen atoms in total. The van der Waals surface area contributed by atoms with Crippen molar-refractivity contribution in [3.63, 3.8) is 0 Å². The average molecular weight is 756 g/mol. The number of sulfonamides is 1. The van der Waals surface area contributed by atoms with Gasteiger partial charge in [-0.25, -0.2) is 22.6 Å². The monoisotopic (exact) mass is 755 g/mol. The third-order valence-corrected chi connectivity index (χ3v) is 13.6. The number of alkyl halides is 1. The van der Waals surface area contributed by atoms with E-state index in [4.69, 9.17) is 14.5 Å². The minimum atomic E-state index is -4.38. The lowest BCUT2D eigenvalue weighted by molar-refractivity contribution is -0.142. The van der Waals surface area contributed by atoms with Crippen molar-refractivity contribution in [1.82, 2.24) is 25.2 Å². The minimum Gasteiger partial charge on any atom is -0.491 e. The number of aromatic nitrogens is 1. The van der Waals surface area contributed by atoms with E-state index in [1.165, 1.54) is 4.90 Å². The van der Waals surface area contributed by atoms with Gasteiger partial charge in [-0.2, -0.15) is 0 Å². The molecule has 0 bridgehead atoms. The van der Waals surface area contributed by atoms with Crippen LogP contribution in [0.3, 0.4) is 0 Å². The van der Waals surface area contributed by atoms with E-state index in [1.54, 1.807) is 13.0 Å². The zero-order valence-corrected chi connectivity index (χ0v) is 30.6. The molecule has 1 saturated heterocycles. The van der Waals surface area contributed by atoms with E-state index in [1.807, 2.05) is 37.3 Å². The van der Waals surface area contributed by atoms with Crippen LogP contribution in [0.1, 0.15) is 70.9 Å². The first-order valence-electron chi connectivity index (χ1n) is 18.4. The number of carbonyl (C=O) groups is 4. The first-order valence-corrected chi connectivity index (χ1v) is 19.9. The fourth-order valence-corrected chi connectivity index (χ4v) is 9.56. The molecule has 7 rings (SSSR count). The maximum absolute atomic E-state index is 14.4. The summed E-state index contributed by atoms with van der Waals surface area (Å²) in [5, 5.41) is 16.5. The highest BCUT2D eigenvalue weighted by molar-refractivity contribution is 7.91. The van der Waals surface area contributed by atoms with Crippen LogP contribution in [0.15, 0.2) is 36.4 Å². The molecule has 2 aromatic rings. The number of ether oxygens (including phenoxy) is 2. The zero-order valence-electron chi connectivity index (χ0n) is 29.8. The second-order valence-corrected chi connectivity index (χ2v) is 17.5. The van der Waals surface area contributed by atoms with E-state index < -0.39 is 80.8 Å². The van der Waals surface area contributed by atoms with Crippen LogP contribution < -0.4 is 24.8 Å². The summed E-state index contributed by atoms with van der Waals surface area (Å²) in [7, 11) is -4.38. The summed E-state index contributed by atoms with van der Waals surface area (Å²) in [4.78, 5) is 60.7. The maximum atomic E-state index is 14.4. The highest BCUT2D eigenvalue weighted by Crippen LogP contribution is 2.48. The lowest BCUT2D eigenvalue weighted by Crippen LogP contribution is -2.59. The van der Waals surface area contributed by atoms with E-state index in [2.05, 4.69) is 15.4 Å². The number of hydrogen-bond acceptors (Lipinski definition) is 9. The van der Waals surface area contributed by atoms with E-state index in [9.17, 15) is 37.1 Å². The van der Waals surface area contributed by atoms with E-state index in [0.29, 0.717) is 49.3 Å². The molecule has 0 unspecified atom stereocenters. The van der Waals surface area contributed by atoms with Gasteiger partial charge in [0.2, 0.25) is 27.7 Å². The van der Waals surface area contributed by atoms with E-state index >= 15 is 0 Å². The normalized spacial score (nSPS) is 31.6. The van der Waals surface area contributed by atoms with Gasteiger partial charge in [-0.3, -0.25) is 19.1 Å². The standard InChI is InChI=1S/C37H46FN5O9S/c1-21-8-3-4-9-23-18-37(23,34(46)42-53(49,50)36(20-38)13-14-36)41-31(44)28-17-24(19-43(28)33(45)29(22(2)16-21)40-35(47)48)52-32-26-11-6-5-10-25(26)30-27(39-32)12-7-15-51-30/h4-6,9-11,21-24,28-29,40H,3,7-8,12-20H2,1-2H3,(H,41,44)(H,42,46)(H,47,48)/b9-4-/t21-,22-,23-,24-,28+,29+,37-/m1/s1. The Kier molecular flexibility index (Phi) is 9.79. The number of hydrogen-bond donors (Lipinski definition) is 4. The Labute approximate surface area is 307 Å². The smallest absolute Gasteiger partial charge is 0.405 e. The Hall–Kier alpha value is -4.47. The van der Waals surface area contributed by atoms with Crippen LogP contribution in [0.5, 0.6) is 11.6 Å². The van der Waals surface area contributed by atoms with Gasteiger partial charge in [0.1, 0.15) is 40.9 Å². The molecule has 4 N–H and O–H groups in total. The SMILES string of the molecule is C[C@@H]1CC/C=C\[C@@H]2C[C@@]2(C(=O)NS(=O)(=O)C2(CF)CC2)NC(=O)[C@@H]2C[C@@H](Oc3nc4c(c5ccccc35)OCCC4)CN2C(=O)[C@@H](NC(=O)O)[C@H](C)C1. The van der Waals surface area contributed by atoms with Crippen LogP contribution in [0.25, 0.3) is 10.8 Å². The number of nitrogens with zero attached hydrogens (tertiary/aromatic N) is 2. The molecule has 4 heterocycles. The summed E-state index contributed by atoms with van der Waals surface area (Å²) in [6.45, 7) is 3.15. The number of pyridine rings is 1. The lowest BCUT2D eigenvalue weighted by atomic mass is 9.88. The number of allylic oxidation sites excluding steroid dienone is 1. The number of fused-ring (bicyclic) bond motifs is 5. The van der Waals surface area contributed by atoms with Crippen molar-refractivity contribution < 1.29 is 46.6 Å². The van der Waals surface area contributed by atoms with Gasteiger partial charge < -0.3 is 30.1 Å². The summed E-state index contributed by atoms with van der Waals surface area (Å²) in [5.74, 6) is -2.19. The minimum absolute atomic E-state index is 0.0206. The number of rotatable bonds is 7. The molecule has 3 fully saturated rings.